The number of hydrogen-bond acceptors (Lipinski definition) is 6. The molecule has 0 bridgehead atoms. The number of carbonyl (C=O) groups excluding carboxylic acids is 1. The molecular formula is C25H23N3O5. The smallest absolute Gasteiger partial charge is 0.307 e. The molecule has 0 spiro atoms. The third-order valence-electron chi connectivity index (χ3n) is 5.48. The van der Waals surface area contributed by atoms with E-state index in [0.717, 1.165) is 45.3 Å². The van der Waals surface area contributed by atoms with Gasteiger partial charge in [-0.1, -0.05) is 0 Å². The van der Waals surface area contributed by atoms with Gasteiger partial charge in [-0.3, -0.25) is 4.79 Å². The molecule has 1 amide bonds. The van der Waals surface area contributed by atoms with Crippen molar-refractivity contribution in [1.82, 2.24) is 9.99 Å². The van der Waals surface area contributed by atoms with Crippen molar-refractivity contribution in [2.45, 2.75) is 20.8 Å². The summed E-state index contributed by atoms with van der Waals surface area (Å²) in [4.78, 5) is 12.5. The molecular weight excluding hydrogens is 422 g/mol. The van der Waals surface area contributed by atoms with E-state index < -0.39 is 5.91 Å². The van der Waals surface area contributed by atoms with Crippen LogP contribution in [-0.4, -0.2) is 30.1 Å². The number of carbonyl (C=O) groups is 1. The second-order valence-corrected chi connectivity index (χ2v) is 7.64. The lowest BCUT2D eigenvalue weighted by atomic mass is 10.2. The lowest BCUT2D eigenvalue weighted by Gasteiger charge is -2.10. The van der Waals surface area contributed by atoms with Crippen LogP contribution in [0.5, 0.6) is 17.2 Å². The van der Waals surface area contributed by atoms with Gasteiger partial charge < -0.3 is 23.2 Å². The molecule has 2 aromatic heterocycles. The minimum absolute atomic E-state index is 0.182. The normalized spacial score (nSPS) is 12.6. The Morgan fingerprint density at radius 3 is 2.82 bits per heavy atom. The number of aromatic nitrogens is 1. The largest absolute Gasteiger partial charge is 0.494 e. The fourth-order valence-electron chi connectivity index (χ4n) is 3.95. The Balaban J connectivity index is 1.32. The highest BCUT2D eigenvalue weighted by atomic mass is 16.7. The van der Waals surface area contributed by atoms with Crippen LogP contribution in [0.4, 0.5) is 0 Å². The number of nitrogens with one attached hydrogen (secondary N) is 1. The fourth-order valence-corrected chi connectivity index (χ4v) is 3.95. The van der Waals surface area contributed by atoms with Crippen molar-refractivity contribution in [1.29, 1.82) is 0 Å². The molecule has 0 unspecified atom stereocenters. The molecule has 1 aliphatic rings. The number of aryl methyl sites for hydroxylation is 1. The summed E-state index contributed by atoms with van der Waals surface area (Å²) in [7, 11) is 0. The van der Waals surface area contributed by atoms with E-state index in [0.29, 0.717) is 12.2 Å². The Morgan fingerprint density at radius 1 is 1.12 bits per heavy atom. The van der Waals surface area contributed by atoms with Crippen molar-refractivity contribution >= 4 is 23.1 Å². The first-order chi connectivity index (χ1) is 16.0. The summed E-state index contributed by atoms with van der Waals surface area (Å²) in [5, 5.41) is 4.93. The SMILES string of the molecule is CCOc1ccc2oc(C(=O)N/N=C/c3cc(C)n(-c4ccc5c(c4)OCO5)c3C)cc2c1. The van der Waals surface area contributed by atoms with Crippen LogP contribution < -0.4 is 19.6 Å². The summed E-state index contributed by atoms with van der Waals surface area (Å²) >= 11 is 0. The van der Waals surface area contributed by atoms with Gasteiger partial charge in [-0.15, -0.1) is 0 Å². The Labute approximate surface area is 190 Å². The monoisotopic (exact) mass is 445 g/mol. The predicted molar refractivity (Wildman–Crippen MR) is 124 cm³/mol. The van der Waals surface area contributed by atoms with Crippen molar-refractivity contribution in [2.75, 3.05) is 13.4 Å². The van der Waals surface area contributed by atoms with Gasteiger partial charge in [0.25, 0.3) is 0 Å². The number of ether oxygens (including phenoxy) is 3. The Kier molecular flexibility index (Phi) is 5.26. The molecule has 0 aliphatic carbocycles. The third kappa shape index (κ3) is 3.91. The van der Waals surface area contributed by atoms with Gasteiger partial charge >= 0.3 is 5.91 Å². The zero-order valence-electron chi connectivity index (χ0n) is 18.5. The van der Waals surface area contributed by atoms with Crippen molar-refractivity contribution in [2.24, 2.45) is 5.10 Å². The molecule has 8 heteroatoms. The summed E-state index contributed by atoms with van der Waals surface area (Å²) in [6.45, 7) is 6.73. The van der Waals surface area contributed by atoms with E-state index in [1.165, 1.54) is 0 Å². The average Bonchev–Trinajstić information content (AvgIpc) is 3.50. The molecule has 1 aliphatic heterocycles. The van der Waals surface area contributed by atoms with Gasteiger partial charge in [0, 0.05) is 34.1 Å². The first-order valence-corrected chi connectivity index (χ1v) is 10.6. The van der Waals surface area contributed by atoms with Gasteiger partial charge in [-0.25, -0.2) is 5.43 Å². The lowest BCUT2D eigenvalue weighted by molar-refractivity contribution is 0.0929. The van der Waals surface area contributed by atoms with Crippen LogP contribution in [0.1, 0.15) is 34.4 Å². The molecule has 3 heterocycles. The number of benzene rings is 2. The van der Waals surface area contributed by atoms with Gasteiger partial charge in [0.05, 0.1) is 12.8 Å². The molecule has 2 aromatic carbocycles. The minimum atomic E-state index is -0.426. The quantitative estimate of drug-likeness (QED) is 0.342. The zero-order chi connectivity index (χ0) is 22.9. The molecule has 0 radical (unpaired) electrons. The lowest BCUT2D eigenvalue weighted by Crippen LogP contribution is -2.16. The topological polar surface area (TPSA) is 87.2 Å². The van der Waals surface area contributed by atoms with Gasteiger partial charge in [0.2, 0.25) is 6.79 Å². The highest BCUT2D eigenvalue weighted by Crippen LogP contribution is 2.34. The Hall–Kier alpha value is -4.20. The van der Waals surface area contributed by atoms with E-state index in [9.17, 15) is 4.79 Å². The standard InChI is InChI=1S/C25H23N3O5/c1-4-30-20-6-8-21-17(10-20)11-24(33-21)25(29)27-26-13-18-9-15(2)28(16(18)3)19-5-7-22-23(12-19)32-14-31-22/h5-13H,4,14H2,1-3H3,(H,27,29)/b26-13+. The number of hydrogen-bond donors (Lipinski definition) is 1. The number of nitrogens with zero attached hydrogens (tertiary/aromatic N) is 2. The maximum atomic E-state index is 12.5. The maximum Gasteiger partial charge on any atom is 0.307 e. The summed E-state index contributed by atoms with van der Waals surface area (Å²) in [6.07, 6.45) is 1.62. The number of amides is 1. The summed E-state index contributed by atoms with van der Waals surface area (Å²) in [5.41, 5.74) is 7.01. The minimum Gasteiger partial charge on any atom is -0.494 e. The fraction of sp³-hybridized carbons (Fsp3) is 0.200. The molecule has 33 heavy (non-hydrogen) atoms. The number of furan rings is 1. The second-order valence-electron chi connectivity index (χ2n) is 7.64. The molecule has 0 saturated heterocycles. The van der Waals surface area contributed by atoms with Gasteiger partial charge in [-0.2, -0.15) is 5.10 Å². The molecule has 168 valence electrons. The van der Waals surface area contributed by atoms with Crippen molar-refractivity contribution in [3.8, 4) is 22.9 Å². The molecule has 5 rings (SSSR count). The van der Waals surface area contributed by atoms with E-state index in [2.05, 4.69) is 15.1 Å². The van der Waals surface area contributed by atoms with E-state index in [1.807, 2.05) is 57.2 Å². The van der Waals surface area contributed by atoms with E-state index in [-0.39, 0.29) is 12.6 Å². The van der Waals surface area contributed by atoms with Crippen molar-refractivity contribution < 1.29 is 23.4 Å². The first kappa shape index (κ1) is 20.7. The predicted octanol–water partition coefficient (Wildman–Crippen LogP) is 4.73. The van der Waals surface area contributed by atoms with Crippen LogP contribution in [0.3, 0.4) is 0 Å². The Morgan fingerprint density at radius 2 is 1.97 bits per heavy atom. The number of fused-ring (bicyclic) bond motifs is 2. The third-order valence-corrected chi connectivity index (χ3v) is 5.48. The highest BCUT2D eigenvalue weighted by molar-refractivity contribution is 5.97. The summed E-state index contributed by atoms with van der Waals surface area (Å²) < 4.78 is 24.1. The van der Waals surface area contributed by atoms with Gasteiger partial charge in [0.15, 0.2) is 17.3 Å². The van der Waals surface area contributed by atoms with Crippen LogP contribution in [0.2, 0.25) is 0 Å². The van der Waals surface area contributed by atoms with Crippen LogP contribution >= 0.6 is 0 Å². The van der Waals surface area contributed by atoms with Crippen molar-refractivity contribution in [3.63, 3.8) is 0 Å². The summed E-state index contributed by atoms with van der Waals surface area (Å²) in [5.74, 6) is 1.95. The molecule has 8 nitrogen and oxygen atoms in total. The van der Waals surface area contributed by atoms with Crippen LogP contribution in [0.25, 0.3) is 16.7 Å². The molecule has 1 N–H and O–H groups in total. The molecule has 0 fully saturated rings. The highest BCUT2D eigenvalue weighted by Gasteiger charge is 2.17. The number of rotatable bonds is 6. The number of hydrazone groups is 1. The van der Waals surface area contributed by atoms with Crippen LogP contribution in [0, 0.1) is 13.8 Å². The van der Waals surface area contributed by atoms with Gasteiger partial charge in [-0.05, 0) is 63.2 Å². The van der Waals surface area contributed by atoms with Gasteiger partial charge in [0.1, 0.15) is 11.3 Å². The van der Waals surface area contributed by atoms with Crippen molar-refractivity contribution in [3.05, 3.63) is 71.2 Å². The second kappa shape index (κ2) is 8.38. The summed E-state index contributed by atoms with van der Waals surface area (Å²) in [6, 6.07) is 14.9. The van der Waals surface area contributed by atoms with E-state index in [4.69, 9.17) is 18.6 Å². The molecule has 4 aromatic rings. The van der Waals surface area contributed by atoms with E-state index in [1.54, 1.807) is 18.3 Å². The average molecular weight is 445 g/mol. The Bertz CT molecular complexity index is 1380. The molecule has 0 saturated carbocycles. The maximum absolute atomic E-state index is 12.5. The first-order valence-electron chi connectivity index (χ1n) is 10.6. The zero-order valence-corrected chi connectivity index (χ0v) is 18.5. The molecule has 0 atom stereocenters. The van der Waals surface area contributed by atoms with Crippen LogP contribution in [0.15, 0.2) is 58.0 Å². The van der Waals surface area contributed by atoms with Crippen LogP contribution in [-0.2, 0) is 0 Å². The van der Waals surface area contributed by atoms with E-state index >= 15 is 0 Å².